The van der Waals surface area contributed by atoms with Crippen molar-refractivity contribution in [1.29, 1.82) is 0 Å². The van der Waals surface area contributed by atoms with E-state index in [1.807, 2.05) is 12.1 Å². The zero-order valence-corrected chi connectivity index (χ0v) is 12.1. The van der Waals surface area contributed by atoms with Gasteiger partial charge in [0.05, 0.1) is 0 Å². The minimum Gasteiger partial charge on any atom is -0.489 e. The van der Waals surface area contributed by atoms with Crippen LogP contribution in [0.1, 0.15) is 23.6 Å². The van der Waals surface area contributed by atoms with Gasteiger partial charge in [0.15, 0.2) is 0 Å². The van der Waals surface area contributed by atoms with Crippen molar-refractivity contribution in [2.24, 2.45) is 0 Å². The number of ether oxygens (including phenoxy) is 2. The summed E-state index contributed by atoms with van der Waals surface area (Å²) in [5, 5.41) is 0. The van der Waals surface area contributed by atoms with Crippen molar-refractivity contribution in [3.63, 3.8) is 0 Å². The second-order valence-corrected chi connectivity index (χ2v) is 5.33. The van der Waals surface area contributed by atoms with Crippen molar-refractivity contribution in [2.75, 3.05) is 6.61 Å². The maximum Gasteiger partial charge on any atom is 0.137 e. The Hall–Kier alpha value is -1.96. The van der Waals surface area contributed by atoms with E-state index in [-0.39, 0.29) is 6.10 Å². The number of benzene rings is 2. The van der Waals surface area contributed by atoms with Crippen LogP contribution in [0.4, 0.5) is 0 Å². The van der Waals surface area contributed by atoms with E-state index >= 15 is 0 Å². The van der Waals surface area contributed by atoms with Gasteiger partial charge in [-0.2, -0.15) is 0 Å². The molecule has 0 aromatic heterocycles. The Labute approximate surface area is 120 Å². The summed E-state index contributed by atoms with van der Waals surface area (Å²) in [7, 11) is 0. The van der Waals surface area contributed by atoms with Crippen LogP contribution >= 0.6 is 0 Å². The van der Waals surface area contributed by atoms with E-state index in [2.05, 4.69) is 44.2 Å². The third-order valence-electron chi connectivity index (χ3n) is 3.74. The second-order valence-electron chi connectivity index (χ2n) is 5.33. The second kappa shape index (κ2) is 5.58. The molecule has 0 saturated heterocycles. The van der Waals surface area contributed by atoms with Crippen LogP contribution in [-0.2, 0) is 12.8 Å². The van der Waals surface area contributed by atoms with Crippen LogP contribution in [0.5, 0.6) is 11.5 Å². The van der Waals surface area contributed by atoms with Gasteiger partial charge in [-0.05, 0) is 36.6 Å². The van der Waals surface area contributed by atoms with Crippen molar-refractivity contribution >= 4 is 0 Å². The summed E-state index contributed by atoms with van der Waals surface area (Å²) in [4.78, 5) is 0. The summed E-state index contributed by atoms with van der Waals surface area (Å²) in [5.41, 5.74) is 3.83. The molecule has 3 rings (SSSR count). The Morgan fingerprint density at radius 2 is 2.05 bits per heavy atom. The monoisotopic (exact) mass is 268 g/mol. The molecule has 2 aromatic carbocycles. The first kappa shape index (κ1) is 13.0. The average Bonchev–Trinajstić information content (AvgIpc) is 2.87. The average molecular weight is 268 g/mol. The maximum atomic E-state index is 5.95. The van der Waals surface area contributed by atoms with Crippen LogP contribution in [0, 0.1) is 6.92 Å². The summed E-state index contributed by atoms with van der Waals surface area (Å²) in [6.07, 6.45) is 2.04. The molecule has 1 aliphatic rings. The molecular weight excluding hydrogens is 248 g/mol. The number of hydrogen-bond acceptors (Lipinski definition) is 2. The summed E-state index contributed by atoms with van der Waals surface area (Å²) < 4.78 is 11.9. The number of fused-ring (bicyclic) bond motifs is 1. The highest BCUT2D eigenvalue weighted by atomic mass is 16.5. The van der Waals surface area contributed by atoms with Gasteiger partial charge in [0.2, 0.25) is 0 Å². The lowest BCUT2D eigenvalue weighted by molar-refractivity contribution is 0.148. The van der Waals surface area contributed by atoms with E-state index in [9.17, 15) is 0 Å². The van der Waals surface area contributed by atoms with Gasteiger partial charge in [0.25, 0.3) is 0 Å². The Morgan fingerprint density at radius 1 is 1.20 bits per heavy atom. The molecule has 0 saturated carbocycles. The van der Waals surface area contributed by atoms with E-state index in [1.165, 1.54) is 16.7 Å². The van der Waals surface area contributed by atoms with Crippen molar-refractivity contribution in [3.05, 3.63) is 59.2 Å². The van der Waals surface area contributed by atoms with E-state index in [4.69, 9.17) is 9.47 Å². The Kier molecular flexibility index (Phi) is 3.64. The molecule has 0 radical (unpaired) electrons. The Morgan fingerprint density at radius 3 is 2.90 bits per heavy atom. The lowest BCUT2D eigenvalue weighted by Crippen LogP contribution is -2.22. The molecule has 1 unspecified atom stereocenters. The van der Waals surface area contributed by atoms with Crippen LogP contribution in [0.2, 0.25) is 0 Å². The summed E-state index contributed by atoms with van der Waals surface area (Å²) in [6.45, 7) is 4.86. The quantitative estimate of drug-likeness (QED) is 0.836. The highest BCUT2D eigenvalue weighted by molar-refractivity contribution is 5.40. The van der Waals surface area contributed by atoms with Gasteiger partial charge in [-0.15, -0.1) is 0 Å². The van der Waals surface area contributed by atoms with Crippen LogP contribution in [0.3, 0.4) is 0 Å². The van der Waals surface area contributed by atoms with Gasteiger partial charge in [-0.3, -0.25) is 0 Å². The number of hydrogen-bond donors (Lipinski definition) is 0. The van der Waals surface area contributed by atoms with Crippen molar-refractivity contribution in [1.82, 2.24) is 0 Å². The molecule has 1 heterocycles. The molecule has 1 atom stereocenters. The summed E-state index contributed by atoms with van der Waals surface area (Å²) in [6, 6.07) is 14.6. The number of para-hydroxylation sites is 1. The minimum atomic E-state index is 0.122. The molecule has 2 nitrogen and oxygen atoms in total. The topological polar surface area (TPSA) is 18.5 Å². The normalized spacial score (nSPS) is 16.6. The molecular formula is C18H20O2. The summed E-state index contributed by atoms with van der Waals surface area (Å²) >= 11 is 0. The van der Waals surface area contributed by atoms with Gasteiger partial charge >= 0.3 is 0 Å². The minimum absolute atomic E-state index is 0.122. The highest BCUT2D eigenvalue weighted by Gasteiger charge is 2.23. The largest absolute Gasteiger partial charge is 0.489 e. The molecule has 0 bridgehead atoms. The molecule has 0 fully saturated rings. The molecule has 20 heavy (non-hydrogen) atoms. The van der Waals surface area contributed by atoms with Gasteiger partial charge in [-0.1, -0.05) is 42.8 Å². The standard InChI is InChI=1S/C18H20O2/c1-3-14-6-4-5-7-17(14)19-12-16-11-15-10-13(2)8-9-18(15)20-16/h4-10,16H,3,11-12H2,1-2H3. The molecule has 0 aliphatic carbocycles. The molecule has 0 spiro atoms. The molecule has 2 heteroatoms. The molecule has 104 valence electrons. The van der Waals surface area contributed by atoms with Gasteiger partial charge in [0.1, 0.15) is 24.2 Å². The van der Waals surface area contributed by atoms with Crippen LogP contribution in [0.15, 0.2) is 42.5 Å². The fourth-order valence-electron chi connectivity index (χ4n) is 2.66. The molecule has 0 amide bonds. The number of rotatable bonds is 4. The first-order valence-corrected chi connectivity index (χ1v) is 7.23. The molecule has 2 aromatic rings. The number of aryl methyl sites for hydroxylation is 2. The van der Waals surface area contributed by atoms with Gasteiger partial charge < -0.3 is 9.47 Å². The van der Waals surface area contributed by atoms with E-state index < -0.39 is 0 Å². The summed E-state index contributed by atoms with van der Waals surface area (Å²) in [5.74, 6) is 1.98. The van der Waals surface area contributed by atoms with Crippen molar-refractivity contribution in [2.45, 2.75) is 32.8 Å². The SMILES string of the molecule is CCc1ccccc1OCC1Cc2cc(C)ccc2O1. The van der Waals surface area contributed by atoms with Gasteiger partial charge in [0, 0.05) is 6.42 Å². The smallest absolute Gasteiger partial charge is 0.137 e. The zero-order valence-electron chi connectivity index (χ0n) is 12.1. The van der Waals surface area contributed by atoms with Crippen LogP contribution in [0.25, 0.3) is 0 Å². The fraction of sp³-hybridized carbons (Fsp3) is 0.333. The zero-order chi connectivity index (χ0) is 13.9. The van der Waals surface area contributed by atoms with E-state index in [1.54, 1.807) is 0 Å². The van der Waals surface area contributed by atoms with E-state index in [0.29, 0.717) is 6.61 Å². The van der Waals surface area contributed by atoms with E-state index in [0.717, 1.165) is 24.3 Å². The maximum absolute atomic E-state index is 5.95. The lowest BCUT2D eigenvalue weighted by Gasteiger charge is -2.14. The third-order valence-corrected chi connectivity index (χ3v) is 3.74. The van der Waals surface area contributed by atoms with Crippen molar-refractivity contribution < 1.29 is 9.47 Å². The van der Waals surface area contributed by atoms with Crippen LogP contribution in [-0.4, -0.2) is 12.7 Å². The first-order valence-electron chi connectivity index (χ1n) is 7.23. The predicted octanol–water partition coefficient (Wildman–Crippen LogP) is 3.94. The molecule has 0 N–H and O–H groups in total. The van der Waals surface area contributed by atoms with Crippen LogP contribution < -0.4 is 9.47 Å². The highest BCUT2D eigenvalue weighted by Crippen LogP contribution is 2.30. The fourth-order valence-corrected chi connectivity index (χ4v) is 2.66. The van der Waals surface area contributed by atoms with Crippen molar-refractivity contribution in [3.8, 4) is 11.5 Å². The first-order chi connectivity index (χ1) is 9.76. The predicted molar refractivity (Wildman–Crippen MR) is 80.6 cm³/mol. The molecule has 1 aliphatic heterocycles. The Balaban J connectivity index is 1.64. The third kappa shape index (κ3) is 2.64. The Bertz CT molecular complexity index is 604. The van der Waals surface area contributed by atoms with Gasteiger partial charge in [-0.25, -0.2) is 0 Å². The lowest BCUT2D eigenvalue weighted by atomic mass is 10.1.